The molecule has 2 aromatic heterocycles. The van der Waals surface area contributed by atoms with E-state index in [9.17, 15) is 9.59 Å². The molecule has 3 rings (SSSR count). The highest BCUT2D eigenvalue weighted by atomic mass is 16.2. The lowest BCUT2D eigenvalue weighted by molar-refractivity contribution is 0.0949. The van der Waals surface area contributed by atoms with E-state index < -0.39 is 0 Å². The second-order valence-corrected chi connectivity index (χ2v) is 6.54. The van der Waals surface area contributed by atoms with E-state index in [1.165, 1.54) is 7.05 Å². The van der Waals surface area contributed by atoms with Crippen LogP contribution in [-0.4, -0.2) is 40.1 Å². The number of fused-ring (bicyclic) bond motifs is 1. The summed E-state index contributed by atoms with van der Waals surface area (Å²) in [5.41, 5.74) is 2.71. The average Bonchev–Trinajstić information content (AvgIpc) is 3.07. The number of nitrogens with one attached hydrogen (secondary N) is 3. The molecule has 3 aromatic rings. The van der Waals surface area contributed by atoms with Gasteiger partial charge in [0.2, 0.25) is 0 Å². The molecule has 0 unspecified atom stereocenters. The summed E-state index contributed by atoms with van der Waals surface area (Å²) in [6.45, 7) is 4.73. The van der Waals surface area contributed by atoms with E-state index >= 15 is 0 Å². The summed E-state index contributed by atoms with van der Waals surface area (Å²) in [5.74, 6) is 0.687. The summed E-state index contributed by atoms with van der Waals surface area (Å²) >= 11 is 0. The van der Waals surface area contributed by atoms with E-state index in [1.807, 2.05) is 44.2 Å². The number of amides is 3. The quantitative estimate of drug-likeness (QED) is 0.646. The minimum atomic E-state index is -0.348. The van der Waals surface area contributed by atoms with Crippen molar-refractivity contribution in [2.24, 2.45) is 5.92 Å². The predicted octanol–water partition coefficient (Wildman–Crippen LogP) is 2.53. The molecular formula is C19H22N6O2. The second-order valence-electron chi connectivity index (χ2n) is 6.54. The molecule has 3 N–H and O–H groups in total. The minimum absolute atomic E-state index is 0.105. The van der Waals surface area contributed by atoms with Gasteiger partial charge in [-0.2, -0.15) is 5.10 Å². The van der Waals surface area contributed by atoms with Crippen LogP contribution in [0.3, 0.4) is 0 Å². The zero-order valence-corrected chi connectivity index (χ0v) is 15.5. The number of nitrogens with zero attached hydrogens (tertiary/aromatic N) is 3. The molecule has 0 fully saturated rings. The van der Waals surface area contributed by atoms with E-state index in [1.54, 1.807) is 16.8 Å². The fourth-order valence-corrected chi connectivity index (χ4v) is 2.49. The van der Waals surface area contributed by atoms with E-state index in [4.69, 9.17) is 0 Å². The standard InChI is InChI=1S/C19H22N6O2/c1-12(2)10-21-18(26)14-6-4-5-13(9-14)15-7-8-17-22-16(11-25(17)24-15)23-19(27)20-3/h4-9,11-12H,10H2,1-3H3,(H,21,26)(H2,20,23,27). The van der Waals surface area contributed by atoms with Crippen molar-refractivity contribution in [3.63, 3.8) is 0 Å². The van der Waals surface area contributed by atoms with Crippen molar-refractivity contribution in [3.05, 3.63) is 48.2 Å². The van der Waals surface area contributed by atoms with Gasteiger partial charge in [0, 0.05) is 24.7 Å². The normalized spacial score (nSPS) is 10.8. The minimum Gasteiger partial charge on any atom is -0.352 e. The predicted molar refractivity (Wildman–Crippen MR) is 104 cm³/mol. The Labute approximate surface area is 157 Å². The van der Waals surface area contributed by atoms with Crippen molar-refractivity contribution in [1.82, 2.24) is 25.2 Å². The molecule has 27 heavy (non-hydrogen) atoms. The highest BCUT2D eigenvalue weighted by Gasteiger charge is 2.10. The van der Waals surface area contributed by atoms with Crippen LogP contribution in [0.1, 0.15) is 24.2 Å². The molecule has 0 aliphatic rings. The number of imidazole rings is 1. The third-order valence-electron chi connectivity index (χ3n) is 3.88. The number of hydrogen-bond acceptors (Lipinski definition) is 4. The van der Waals surface area contributed by atoms with Gasteiger partial charge >= 0.3 is 6.03 Å². The first-order valence-electron chi connectivity index (χ1n) is 8.70. The van der Waals surface area contributed by atoms with Crippen LogP contribution in [0.15, 0.2) is 42.6 Å². The van der Waals surface area contributed by atoms with Crippen LogP contribution in [0.2, 0.25) is 0 Å². The molecule has 2 heterocycles. The van der Waals surface area contributed by atoms with Crippen LogP contribution in [0.4, 0.5) is 10.6 Å². The van der Waals surface area contributed by atoms with Crippen LogP contribution in [0, 0.1) is 5.92 Å². The molecular weight excluding hydrogens is 344 g/mol. The monoisotopic (exact) mass is 366 g/mol. The van der Waals surface area contributed by atoms with Crippen LogP contribution < -0.4 is 16.0 Å². The van der Waals surface area contributed by atoms with Crippen molar-refractivity contribution < 1.29 is 9.59 Å². The molecule has 0 saturated carbocycles. The van der Waals surface area contributed by atoms with Gasteiger partial charge in [-0.3, -0.25) is 10.1 Å². The Morgan fingerprint density at radius 2 is 2.00 bits per heavy atom. The summed E-state index contributed by atoms with van der Waals surface area (Å²) in [4.78, 5) is 28.0. The highest BCUT2D eigenvalue weighted by molar-refractivity contribution is 5.95. The summed E-state index contributed by atoms with van der Waals surface area (Å²) < 4.78 is 1.59. The molecule has 8 nitrogen and oxygen atoms in total. The van der Waals surface area contributed by atoms with Crippen LogP contribution in [-0.2, 0) is 0 Å². The molecule has 8 heteroatoms. The number of carbonyl (C=O) groups excluding carboxylic acids is 2. The number of aromatic nitrogens is 3. The first-order chi connectivity index (χ1) is 13.0. The Morgan fingerprint density at radius 1 is 1.19 bits per heavy atom. The molecule has 0 spiro atoms. The molecule has 140 valence electrons. The number of rotatable bonds is 5. The van der Waals surface area contributed by atoms with Gasteiger partial charge in [0.1, 0.15) is 0 Å². The number of carbonyl (C=O) groups is 2. The van der Waals surface area contributed by atoms with Gasteiger partial charge in [0.05, 0.1) is 11.9 Å². The van der Waals surface area contributed by atoms with Gasteiger partial charge < -0.3 is 10.6 Å². The van der Waals surface area contributed by atoms with Gasteiger partial charge in [0.25, 0.3) is 5.91 Å². The lowest BCUT2D eigenvalue weighted by Gasteiger charge is -2.09. The van der Waals surface area contributed by atoms with Crippen molar-refractivity contribution in [3.8, 4) is 11.3 Å². The third kappa shape index (κ3) is 4.41. The van der Waals surface area contributed by atoms with Gasteiger partial charge in [-0.05, 0) is 30.2 Å². The van der Waals surface area contributed by atoms with Gasteiger partial charge in [-0.15, -0.1) is 0 Å². The molecule has 0 atom stereocenters. The van der Waals surface area contributed by atoms with Crippen LogP contribution in [0.25, 0.3) is 16.9 Å². The summed E-state index contributed by atoms with van der Waals surface area (Å²) in [7, 11) is 1.53. The zero-order valence-electron chi connectivity index (χ0n) is 15.5. The lowest BCUT2D eigenvalue weighted by Crippen LogP contribution is -2.27. The molecule has 1 aromatic carbocycles. The Balaban J connectivity index is 1.85. The summed E-state index contributed by atoms with van der Waals surface area (Å²) in [6, 6.07) is 10.6. The van der Waals surface area contributed by atoms with Crippen LogP contribution in [0.5, 0.6) is 0 Å². The summed E-state index contributed by atoms with van der Waals surface area (Å²) in [6.07, 6.45) is 1.63. The number of anilines is 1. The highest BCUT2D eigenvalue weighted by Crippen LogP contribution is 2.20. The lowest BCUT2D eigenvalue weighted by atomic mass is 10.1. The molecule has 0 saturated heterocycles. The Kier molecular flexibility index (Phi) is 5.35. The first kappa shape index (κ1) is 18.4. The maximum atomic E-state index is 12.3. The maximum Gasteiger partial charge on any atom is 0.320 e. The second kappa shape index (κ2) is 7.86. The Morgan fingerprint density at radius 3 is 2.74 bits per heavy atom. The van der Waals surface area contributed by atoms with Crippen molar-refractivity contribution in [2.75, 3.05) is 18.9 Å². The van der Waals surface area contributed by atoms with E-state index in [0.717, 1.165) is 5.56 Å². The topological polar surface area (TPSA) is 100 Å². The number of urea groups is 1. The molecule has 3 amide bonds. The Hall–Kier alpha value is -3.42. The van der Waals surface area contributed by atoms with Gasteiger partial charge in [0.15, 0.2) is 11.5 Å². The van der Waals surface area contributed by atoms with Crippen molar-refractivity contribution in [1.29, 1.82) is 0 Å². The third-order valence-corrected chi connectivity index (χ3v) is 3.88. The zero-order chi connectivity index (χ0) is 19.4. The number of hydrogen-bond donors (Lipinski definition) is 3. The van der Waals surface area contributed by atoms with E-state index in [2.05, 4.69) is 26.0 Å². The van der Waals surface area contributed by atoms with Gasteiger partial charge in [-0.25, -0.2) is 14.3 Å². The van der Waals surface area contributed by atoms with E-state index in [-0.39, 0.29) is 11.9 Å². The van der Waals surface area contributed by atoms with Crippen molar-refractivity contribution in [2.45, 2.75) is 13.8 Å². The first-order valence-corrected chi connectivity index (χ1v) is 8.70. The summed E-state index contributed by atoms with van der Waals surface area (Å²) in [5, 5.41) is 12.5. The smallest absolute Gasteiger partial charge is 0.320 e. The maximum absolute atomic E-state index is 12.3. The Bertz CT molecular complexity index is 979. The molecule has 0 aliphatic carbocycles. The number of benzene rings is 1. The van der Waals surface area contributed by atoms with Crippen molar-refractivity contribution >= 4 is 23.4 Å². The van der Waals surface area contributed by atoms with Gasteiger partial charge in [-0.1, -0.05) is 26.0 Å². The van der Waals surface area contributed by atoms with Crippen LogP contribution >= 0.6 is 0 Å². The fourth-order valence-electron chi connectivity index (χ4n) is 2.49. The SMILES string of the molecule is CNC(=O)Nc1cn2nc(-c3cccc(C(=O)NCC(C)C)c3)ccc2n1. The average molecular weight is 366 g/mol. The molecule has 0 aliphatic heterocycles. The molecule has 0 bridgehead atoms. The largest absolute Gasteiger partial charge is 0.352 e. The fraction of sp³-hybridized carbons (Fsp3) is 0.263. The molecule has 0 radical (unpaired) electrons. The van der Waals surface area contributed by atoms with E-state index in [0.29, 0.717) is 35.2 Å².